The van der Waals surface area contributed by atoms with Crippen molar-refractivity contribution < 1.29 is 9.53 Å². The van der Waals surface area contributed by atoms with Gasteiger partial charge in [-0.1, -0.05) is 35.3 Å². The van der Waals surface area contributed by atoms with Crippen molar-refractivity contribution in [2.45, 2.75) is 52.3 Å². The number of rotatable bonds is 8. The number of amides is 1. The van der Waals surface area contributed by atoms with Crippen molar-refractivity contribution in [3.63, 3.8) is 0 Å². The monoisotopic (exact) mass is 356 g/mol. The maximum Gasteiger partial charge on any atom is 0.242 e. The maximum absolute atomic E-state index is 12.2. The summed E-state index contributed by atoms with van der Waals surface area (Å²) in [5, 5.41) is 6.28. The van der Waals surface area contributed by atoms with Gasteiger partial charge in [0, 0.05) is 28.9 Å². The summed E-state index contributed by atoms with van der Waals surface area (Å²) in [5.41, 5.74) is 1.93. The van der Waals surface area contributed by atoms with E-state index in [1.807, 2.05) is 32.0 Å². The molecule has 118 valence electrons. The molecule has 2 N–H and O–H groups in total. The fraction of sp³-hybridized carbons (Fsp3) is 0.562. The molecule has 0 heterocycles. The van der Waals surface area contributed by atoms with Crippen LogP contribution in [-0.4, -0.2) is 25.1 Å². The molecule has 2 atom stereocenters. The van der Waals surface area contributed by atoms with E-state index in [1.165, 1.54) is 0 Å². The summed E-state index contributed by atoms with van der Waals surface area (Å²) in [6.07, 6.45) is 2.05. The first-order valence-electron chi connectivity index (χ1n) is 7.32. The van der Waals surface area contributed by atoms with Crippen LogP contribution in [0.5, 0.6) is 0 Å². The first-order chi connectivity index (χ1) is 9.99. The van der Waals surface area contributed by atoms with Gasteiger partial charge < -0.3 is 15.4 Å². The first-order valence-corrected chi connectivity index (χ1v) is 8.12. The summed E-state index contributed by atoms with van der Waals surface area (Å²) in [6, 6.07) is 5.77. The number of hydrogen-bond donors (Lipinski definition) is 2. The van der Waals surface area contributed by atoms with Gasteiger partial charge in [0.2, 0.25) is 5.91 Å². The van der Waals surface area contributed by atoms with Crippen LogP contribution in [0.1, 0.15) is 39.2 Å². The van der Waals surface area contributed by atoms with Crippen LogP contribution in [0.2, 0.25) is 0 Å². The molecule has 0 saturated heterocycles. The number of carbonyl (C=O) groups is 1. The van der Waals surface area contributed by atoms with Gasteiger partial charge in [0.05, 0.1) is 6.61 Å². The Morgan fingerprint density at radius 1 is 1.38 bits per heavy atom. The largest absolute Gasteiger partial charge is 0.380 e. The molecule has 1 aromatic carbocycles. The Morgan fingerprint density at radius 3 is 2.71 bits per heavy atom. The molecule has 0 saturated carbocycles. The Morgan fingerprint density at radius 2 is 2.10 bits per heavy atom. The zero-order valence-electron chi connectivity index (χ0n) is 13.2. The minimum atomic E-state index is -0.297. The summed E-state index contributed by atoms with van der Waals surface area (Å²) in [4.78, 5) is 12.2. The zero-order chi connectivity index (χ0) is 15.8. The number of benzene rings is 1. The molecule has 0 aromatic heterocycles. The molecule has 0 aliphatic carbocycles. The van der Waals surface area contributed by atoms with E-state index < -0.39 is 0 Å². The van der Waals surface area contributed by atoms with E-state index in [1.54, 1.807) is 7.11 Å². The lowest BCUT2D eigenvalue weighted by Crippen LogP contribution is -2.42. The normalized spacial score (nSPS) is 13.6. The predicted molar refractivity (Wildman–Crippen MR) is 90.5 cm³/mol. The fourth-order valence-electron chi connectivity index (χ4n) is 2.16. The maximum atomic E-state index is 12.2. The van der Waals surface area contributed by atoms with Gasteiger partial charge in [-0.3, -0.25) is 4.79 Å². The van der Waals surface area contributed by atoms with Gasteiger partial charge in [0.25, 0.3) is 0 Å². The molecule has 5 heteroatoms. The van der Waals surface area contributed by atoms with E-state index in [2.05, 4.69) is 33.5 Å². The van der Waals surface area contributed by atoms with Crippen LogP contribution >= 0.6 is 15.9 Å². The summed E-state index contributed by atoms with van der Waals surface area (Å²) in [7, 11) is 1.66. The standard InChI is InChI=1S/C16H25BrN2O2/c1-5-7-11(2)18-16(20)12(3)19-15-9-6-8-14(17)13(15)10-21-4/h6,8-9,11-12,19H,5,7,10H2,1-4H3,(H,18,20). The molecule has 21 heavy (non-hydrogen) atoms. The molecule has 0 fully saturated rings. The Hall–Kier alpha value is -1.07. The quantitative estimate of drug-likeness (QED) is 0.746. The molecular formula is C16H25BrN2O2. The van der Waals surface area contributed by atoms with Gasteiger partial charge >= 0.3 is 0 Å². The number of anilines is 1. The third-order valence-corrected chi connectivity index (χ3v) is 4.03. The Balaban J connectivity index is 2.72. The van der Waals surface area contributed by atoms with Crippen LogP contribution < -0.4 is 10.6 Å². The lowest BCUT2D eigenvalue weighted by atomic mass is 10.1. The highest BCUT2D eigenvalue weighted by atomic mass is 79.9. The minimum absolute atomic E-state index is 0.0132. The highest BCUT2D eigenvalue weighted by Gasteiger charge is 2.16. The van der Waals surface area contributed by atoms with E-state index in [0.29, 0.717) is 6.61 Å². The van der Waals surface area contributed by atoms with Crippen LogP contribution in [0.3, 0.4) is 0 Å². The number of hydrogen-bond acceptors (Lipinski definition) is 3. The van der Waals surface area contributed by atoms with Gasteiger partial charge in [-0.2, -0.15) is 0 Å². The fourth-order valence-corrected chi connectivity index (χ4v) is 2.64. The van der Waals surface area contributed by atoms with Crippen molar-refractivity contribution in [1.29, 1.82) is 0 Å². The summed E-state index contributed by atoms with van der Waals surface area (Å²) < 4.78 is 6.19. The van der Waals surface area contributed by atoms with Crippen LogP contribution in [0.4, 0.5) is 5.69 Å². The smallest absolute Gasteiger partial charge is 0.242 e. The number of methoxy groups -OCH3 is 1. The third-order valence-electron chi connectivity index (χ3n) is 3.28. The Labute approximate surface area is 135 Å². The van der Waals surface area contributed by atoms with Gasteiger partial charge in [-0.25, -0.2) is 0 Å². The molecular weight excluding hydrogens is 332 g/mol. The van der Waals surface area contributed by atoms with Gasteiger partial charge in [0.1, 0.15) is 6.04 Å². The van der Waals surface area contributed by atoms with E-state index in [-0.39, 0.29) is 18.0 Å². The molecule has 1 amide bonds. The van der Waals surface area contributed by atoms with Crippen LogP contribution in [0.15, 0.2) is 22.7 Å². The van der Waals surface area contributed by atoms with Crippen molar-refractivity contribution in [3.05, 3.63) is 28.2 Å². The zero-order valence-corrected chi connectivity index (χ0v) is 14.8. The second kappa shape index (κ2) is 9.05. The van der Waals surface area contributed by atoms with Crippen LogP contribution in [0.25, 0.3) is 0 Å². The van der Waals surface area contributed by atoms with Gasteiger partial charge in [-0.15, -0.1) is 0 Å². The molecule has 0 spiro atoms. The van der Waals surface area contributed by atoms with Crippen LogP contribution in [-0.2, 0) is 16.1 Å². The molecule has 1 aromatic rings. The lowest BCUT2D eigenvalue weighted by Gasteiger charge is -2.21. The average Bonchev–Trinajstić information content (AvgIpc) is 2.42. The first kappa shape index (κ1) is 18.0. The van der Waals surface area contributed by atoms with Gasteiger partial charge in [-0.05, 0) is 32.4 Å². The third kappa shape index (κ3) is 5.67. The Kier molecular flexibility index (Phi) is 7.75. The van der Waals surface area contributed by atoms with E-state index in [0.717, 1.165) is 28.6 Å². The highest BCUT2D eigenvalue weighted by molar-refractivity contribution is 9.10. The molecule has 0 bridgehead atoms. The average molecular weight is 357 g/mol. The van der Waals surface area contributed by atoms with Crippen molar-refractivity contribution in [2.24, 2.45) is 0 Å². The minimum Gasteiger partial charge on any atom is -0.380 e. The molecule has 4 nitrogen and oxygen atoms in total. The van der Waals surface area contributed by atoms with Crippen molar-refractivity contribution >= 4 is 27.5 Å². The molecule has 0 aliphatic heterocycles. The van der Waals surface area contributed by atoms with Crippen LogP contribution in [0, 0.1) is 0 Å². The molecule has 0 radical (unpaired) electrons. The predicted octanol–water partition coefficient (Wildman–Crippen LogP) is 3.70. The number of carbonyl (C=O) groups excluding carboxylic acids is 1. The summed E-state index contributed by atoms with van der Waals surface area (Å²) in [5.74, 6) is 0.0132. The SMILES string of the molecule is CCCC(C)NC(=O)C(C)Nc1cccc(Br)c1COC. The number of halogens is 1. The Bertz CT molecular complexity index is 466. The molecule has 2 unspecified atom stereocenters. The van der Waals surface area contributed by atoms with E-state index in [4.69, 9.17) is 4.74 Å². The van der Waals surface area contributed by atoms with Crippen molar-refractivity contribution in [3.8, 4) is 0 Å². The number of ether oxygens (including phenoxy) is 1. The van der Waals surface area contributed by atoms with Gasteiger partial charge in [0.15, 0.2) is 0 Å². The molecule has 1 rings (SSSR count). The van der Waals surface area contributed by atoms with E-state index in [9.17, 15) is 4.79 Å². The second-order valence-corrected chi connectivity index (χ2v) is 6.12. The topological polar surface area (TPSA) is 50.4 Å². The number of nitrogens with one attached hydrogen (secondary N) is 2. The summed E-state index contributed by atoms with van der Waals surface area (Å²) >= 11 is 3.52. The summed E-state index contributed by atoms with van der Waals surface area (Å²) in [6.45, 7) is 6.50. The van der Waals surface area contributed by atoms with Crippen molar-refractivity contribution in [2.75, 3.05) is 12.4 Å². The second-order valence-electron chi connectivity index (χ2n) is 5.26. The highest BCUT2D eigenvalue weighted by Crippen LogP contribution is 2.26. The van der Waals surface area contributed by atoms with Crippen molar-refractivity contribution in [1.82, 2.24) is 5.32 Å². The lowest BCUT2D eigenvalue weighted by molar-refractivity contribution is -0.122. The molecule has 0 aliphatic rings. The van der Waals surface area contributed by atoms with E-state index >= 15 is 0 Å².